The number of carbonyl (C=O) groups is 2. The number of aliphatic hydroxyl groups excluding tert-OH is 2. The minimum atomic E-state index is -0.788. The Bertz CT molecular complexity index is 1410. The number of pyridine rings is 1. The van der Waals surface area contributed by atoms with Crippen LogP contribution in [0.2, 0.25) is 0 Å². The molecule has 2 aromatic carbocycles. The summed E-state index contributed by atoms with van der Waals surface area (Å²) >= 11 is 1.40. The standard InChI is InChI=1S/C23H13NO4S/c25-20-18(14-6-3-8-16-12(14)7-4-10-24-16)21(26)23(28)19(22(20)27)15-11-29-17-9-2-1-5-13(15)17/h1-11,25,28H. The fourth-order valence-corrected chi connectivity index (χ4v) is 4.62. The van der Waals surface area contributed by atoms with Crippen LogP contribution in [0.4, 0.5) is 0 Å². The molecule has 2 heterocycles. The summed E-state index contributed by atoms with van der Waals surface area (Å²) in [5.41, 5.74) is 1.02. The molecular formula is C23H13NO4S. The van der Waals surface area contributed by atoms with Crippen LogP contribution in [0.25, 0.3) is 32.1 Å². The van der Waals surface area contributed by atoms with Gasteiger partial charge in [0.05, 0.1) is 16.7 Å². The number of hydrogen-bond acceptors (Lipinski definition) is 6. The summed E-state index contributed by atoms with van der Waals surface area (Å²) < 4.78 is 0.914. The lowest BCUT2D eigenvalue weighted by atomic mass is 9.85. The molecule has 2 aromatic heterocycles. The molecule has 1 aliphatic carbocycles. The number of allylic oxidation sites excluding steroid dienone is 2. The van der Waals surface area contributed by atoms with Crippen molar-refractivity contribution >= 4 is 55.0 Å². The summed E-state index contributed by atoms with van der Waals surface area (Å²) in [6, 6.07) is 15.9. The smallest absolute Gasteiger partial charge is 0.232 e. The second kappa shape index (κ2) is 6.39. The van der Waals surface area contributed by atoms with E-state index in [2.05, 4.69) is 4.98 Å². The van der Waals surface area contributed by atoms with Crippen LogP contribution in [0, 0.1) is 0 Å². The molecule has 0 fully saturated rings. The number of fused-ring (bicyclic) bond motifs is 2. The molecule has 2 N–H and O–H groups in total. The van der Waals surface area contributed by atoms with Gasteiger partial charge in [0.2, 0.25) is 11.6 Å². The number of aliphatic hydroxyl groups is 2. The van der Waals surface area contributed by atoms with Gasteiger partial charge < -0.3 is 10.2 Å². The van der Waals surface area contributed by atoms with Crippen LogP contribution < -0.4 is 0 Å². The predicted octanol–water partition coefficient (Wildman–Crippen LogP) is 4.84. The highest BCUT2D eigenvalue weighted by molar-refractivity contribution is 7.17. The normalized spacial score (nSPS) is 15.0. The third-order valence-corrected chi connectivity index (χ3v) is 5.99. The number of ketones is 2. The zero-order valence-corrected chi connectivity index (χ0v) is 15.7. The fraction of sp³-hybridized carbons (Fsp3) is 0. The minimum Gasteiger partial charge on any atom is -0.504 e. The van der Waals surface area contributed by atoms with E-state index in [1.54, 1.807) is 41.9 Å². The van der Waals surface area contributed by atoms with Crippen molar-refractivity contribution in [2.24, 2.45) is 0 Å². The van der Waals surface area contributed by atoms with Crippen LogP contribution in [0.5, 0.6) is 0 Å². The quantitative estimate of drug-likeness (QED) is 0.471. The Kier molecular flexibility index (Phi) is 3.82. The monoisotopic (exact) mass is 399 g/mol. The van der Waals surface area contributed by atoms with Crippen molar-refractivity contribution in [1.82, 2.24) is 4.98 Å². The van der Waals surface area contributed by atoms with Gasteiger partial charge in [0.1, 0.15) is 0 Å². The summed E-state index contributed by atoms with van der Waals surface area (Å²) in [6.07, 6.45) is 1.62. The van der Waals surface area contributed by atoms with Crippen LogP contribution in [0.15, 0.2) is 77.7 Å². The lowest BCUT2D eigenvalue weighted by molar-refractivity contribution is -0.116. The number of hydrogen-bond donors (Lipinski definition) is 2. The molecule has 0 unspecified atom stereocenters. The fourth-order valence-electron chi connectivity index (χ4n) is 3.67. The van der Waals surface area contributed by atoms with E-state index in [-0.39, 0.29) is 11.1 Å². The molecule has 0 spiro atoms. The Morgan fingerprint density at radius 3 is 2.21 bits per heavy atom. The molecule has 6 heteroatoms. The maximum atomic E-state index is 13.1. The van der Waals surface area contributed by atoms with E-state index in [1.807, 2.05) is 24.3 Å². The maximum absolute atomic E-state index is 13.1. The lowest BCUT2D eigenvalue weighted by Gasteiger charge is -2.19. The van der Waals surface area contributed by atoms with Gasteiger partial charge in [-0.3, -0.25) is 14.6 Å². The Morgan fingerprint density at radius 2 is 1.41 bits per heavy atom. The average Bonchev–Trinajstić information content (AvgIpc) is 3.17. The summed E-state index contributed by atoms with van der Waals surface area (Å²) in [4.78, 5) is 30.4. The van der Waals surface area contributed by atoms with Crippen molar-refractivity contribution in [3.05, 3.63) is 88.8 Å². The number of rotatable bonds is 2. The zero-order chi connectivity index (χ0) is 20.1. The summed E-state index contributed by atoms with van der Waals surface area (Å²) in [7, 11) is 0. The molecule has 1 aliphatic rings. The van der Waals surface area contributed by atoms with E-state index >= 15 is 0 Å². The van der Waals surface area contributed by atoms with Crippen LogP contribution in [0.1, 0.15) is 11.1 Å². The van der Waals surface area contributed by atoms with Gasteiger partial charge in [0.25, 0.3) is 0 Å². The Labute approximate surface area is 168 Å². The number of thiophene rings is 1. The van der Waals surface area contributed by atoms with Crippen LogP contribution in [-0.2, 0) is 9.59 Å². The molecule has 29 heavy (non-hydrogen) atoms. The summed E-state index contributed by atoms with van der Waals surface area (Å²) in [5.74, 6) is -2.90. The van der Waals surface area contributed by atoms with E-state index < -0.39 is 23.1 Å². The molecule has 5 rings (SSSR count). The lowest BCUT2D eigenvalue weighted by Crippen LogP contribution is -2.22. The van der Waals surface area contributed by atoms with Crippen molar-refractivity contribution < 1.29 is 19.8 Å². The topological polar surface area (TPSA) is 87.5 Å². The Morgan fingerprint density at radius 1 is 0.724 bits per heavy atom. The molecule has 0 bridgehead atoms. The second-order valence-electron chi connectivity index (χ2n) is 6.63. The maximum Gasteiger partial charge on any atom is 0.232 e. The highest BCUT2D eigenvalue weighted by Gasteiger charge is 2.37. The van der Waals surface area contributed by atoms with Gasteiger partial charge in [-0.25, -0.2) is 0 Å². The molecule has 0 aliphatic heterocycles. The highest BCUT2D eigenvalue weighted by atomic mass is 32.1. The van der Waals surface area contributed by atoms with Gasteiger partial charge in [-0.1, -0.05) is 36.4 Å². The van der Waals surface area contributed by atoms with Crippen molar-refractivity contribution in [1.29, 1.82) is 0 Å². The molecule has 0 amide bonds. The SMILES string of the molecule is O=C1C(O)=C(c2csc3ccccc23)C(=O)C(O)=C1c1cccc2ncccc12. The number of benzene rings is 2. The summed E-state index contributed by atoms with van der Waals surface area (Å²) in [5, 5.41) is 24.5. The number of Topliss-reactive ketones (excluding diaryl/α,β-unsaturated/α-hetero) is 2. The van der Waals surface area contributed by atoms with E-state index in [9.17, 15) is 19.8 Å². The molecule has 0 saturated heterocycles. The first-order chi connectivity index (χ1) is 14.1. The molecule has 0 radical (unpaired) electrons. The van der Waals surface area contributed by atoms with Gasteiger partial charge in [-0.2, -0.15) is 0 Å². The van der Waals surface area contributed by atoms with Crippen molar-refractivity contribution in [2.75, 3.05) is 0 Å². The molecule has 0 atom stereocenters. The molecular weight excluding hydrogens is 386 g/mol. The summed E-state index contributed by atoms with van der Waals surface area (Å²) in [6.45, 7) is 0. The van der Waals surface area contributed by atoms with Crippen LogP contribution in [-0.4, -0.2) is 26.8 Å². The van der Waals surface area contributed by atoms with Crippen LogP contribution >= 0.6 is 11.3 Å². The largest absolute Gasteiger partial charge is 0.504 e. The third-order valence-electron chi connectivity index (χ3n) is 5.02. The van der Waals surface area contributed by atoms with Gasteiger partial charge in [0.15, 0.2) is 11.5 Å². The number of carbonyl (C=O) groups excluding carboxylic acids is 2. The number of nitrogens with zero attached hydrogens (tertiary/aromatic N) is 1. The van der Waals surface area contributed by atoms with Crippen molar-refractivity contribution in [2.45, 2.75) is 0 Å². The van der Waals surface area contributed by atoms with E-state index in [1.165, 1.54) is 11.3 Å². The van der Waals surface area contributed by atoms with Gasteiger partial charge in [0, 0.05) is 32.6 Å². The first kappa shape index (κ1) is 17.3. The number of aromatic nitrogens is 1. The average molecular weight is 399 g/mol. The zero-order valence-electron chi connectivity index (χ0n) is 14.9. The molecule has 0 saturated carbocycles. The minimum absolute atomic E-state index is 0.174. The van der Waals surface area contributed by atoms with E-state index in [0.29, 0.717) is 22.0 Å². The van der Waals surface area contributed by atoms with E-state index in [4.69, 9.17) is 0 Å². The van der Waals surface area contributed by atoms with Gasteiger partial charge >= 0.3 is 0 Å². The molecule has 4 aromatic rings. The van der Waals surface area contributed by atoms with Crippen molar-refractivity contribution in [3.63, 3.8) is 0 Å². The van der Waals surface area contributed by atoms with E-state index in [0.717, 1.165) is 10.1 Å². The Hall–Kier alpha value is -3.77. The highest BCUT2D eigenvalue weighted by Crippen LogP contribution is 2.39. The van der Waals surface area contributed by atoms with Gasteiger partial charge in [-0.15, -0.1) is 11.3 Å². The van der Waals surface area contributed by atoms with Crippen molar-refractivity contribution in [3.8, 4) is 0 Å². The Balaban J connectivity index is 1.73. The van der Waals surface area contributed by atoms with Gasteiger partial charge in [-0.05, 0) is 23.8 Å². The molecule has 140 valence electrons. The predicted molar refractivity (Wildman–Crippen MR) is 113 cm³/mol. The van der Waals surface area contributed by atoms with Crippen LogP contribution in [0.3, 0.4) is 0 Å². The second-order valence-corrected chi connectivity index (χ2v) is 7.54. The third kappa shape index (κ3) is 2.50. The first-order valence-electron chi connectivity index (χ1n) is 8.84. The first-order valence-corrected chi connectivity index (χ1v) is 9.72. The molecule has 5 nitrogen and oxygen atoms in total.